The van der Waals surface area contributed by atoms with Crippen molar-refractivity contribution in [2.45, 2.75) is 18.2 Å². The smallest absolute Gasteiger partial charge is 0.234 e. The van der Waals surface area contributed by atoms with Crippen LogP contribution >= 0.6 is 0 Å². The number of hydrogen-bond donors (Lipinski definition) is 1. The third-order valence-corrected chi connectivity index (χ3v) is 5.76. The largest absolute Gasteiger partial charge is 0.360 e. The molecule has 0 radical (unpaired) electrons. The van der Waals surface area contributed by atoms with Gasteiger partial charge in [0, 0.05) is 18.9 Å². The van der Waals surface area contributed by atoms with Gasteiger partial charge in [0.2, 0.25) is 11.8 Å². The molecule has 3 aliphatic heterocycles. The van der Waals surface area contributed by atoms with Gasteiger partial charge in [0.25, 0.3) is 0 Å². The van der Waals surface area contributed by atoms with E-state index in [2.05, 4.69) is 10.3 Å². The molecule has 5 rings (SSSR count). The molecule has 1 aromatic heterocycles. The fraction of sp³-hybridized carbons (Fsp3) is 0.286. The van der Waals surface area contributed by atoms with Crippen molar-refractivity contribution in [3.63, 3.8) is 0 Å². The van der Waals surface area contributed by atoms with Crippen molar-refractivity contribution in [3.05, 3.63) is 72.3 Å². The van der Waals surface area contributed by atoms with Gasteiger partial charge >= 0.3 is 0 Å². The molecule has 1 spiro atoms. The van der Waals surface area contributed by atoms with Crippen LogP contribution in [-0.2, 0) is 20.9 Å². The van der Waals surface area contributed by atoms with Gasteiger partial charge in [0.05, 0.1) is 30.2 Å². The maximum Gasteiger partial charge on any atom is 0.234 e. The third-order valence-electron chi connectivity index (χ3n) is 5.76. The summed E-state index contributed by atoms with van der Waals surface area (Å²) in [5.74, 6) is -2.26. The summed E-state index contributed by atoms with van der Waals surface area (Å²) in [6, 6.07) is 9.79. The van der Waals surface area contributed by atoms with Crippen molar-refractivity contribution < 1.29 is 18.7 Å². The molecule has 0 aliphatic carbocycles. The van der Waals surface area contributed by atoms with Gasteiger partial charge in [-0.25, -0.2) is 4.39 Å². The number of rotatable bonds is 4. The van der Waals surface area contributed by atoms with Gasteiger partial charge < -0.3 is 15.0 Å². The zero-order chi connectivity index (χ0) is 19.3. The van der Waals surface area contributed by atoms with Crippen molar-refractivity contribution in [2.75, 3.05) is 11.4 Å². The summed E-state index contributed by atoms with van der Waals surface area (Å²) >= 11 is 0. The predicted molar refractivity (Wildman–Crippen MR) is 98.6 cm³/mol. The Kier molecular flexibility index (Phi) is 3.80. The lowest BCUT2D eigenvalue weighted by atomic mass is 9.77. The van der Waals surface area contributed by atoms with Crippen LogP contribution in [0.1, 0.15) is 5.56 Å². The first-order valence-corrected chi connectivity index (χ1v) is 9.19. The molecule has 28 heavy (non-hydrogen) atoms. The SMILES string of the molecule is O=C(NCc1ccncc1)[C@@H]1[C@H]2C=C[C@@]3(CN(c4ccccc4F)C(=O)[C@@H]13)O2. The molecule has 2 fully saturated rings. The highest BCUT2D eigenvalue weighted by atomic mass is 19.1. The number of pyridine rings is 1. The number of amides is 2. The number of carbonyl (C=O) groups excluding carboxylic acids is 2. The molecule has 2 aromatic rings. The maximum absolute atomic E-state index is 14.3. The van der Waals surface area contributed by atoms with E-state index in [1.54, 1.807) is 30.6 Å². The van der Waals surface area contributed by atoms with E-state index in [9.17, 15) is 14.0 Å². The monoisotopic (exact) mass is 379 g/mol. The lowest BCUT2D eigenvalue weighted by Gasteiger charge is -2.23. The van der Waals surface area contributed by atoms with Crippen LogP contribution in [0.15, 0.2) is 60.9 Å². The maximum atomic E-state index is 14.3. The number of ether oxygens (including phenoxy) is 1. The van der Waals surface area contributed by atoms with Crippen LogP contribution in [0.3, 0.4) is 0 Å². The Morgan fingerprint density at radius 2 is 2.07 bits per heavy atom. The Balaban J connectivity index is 1.40. The quantitative estimate of drug-likeness (QED) is 0.823. The lowest BCUT2D eigenvalue weighted by Crippen LogP contribution is -2.44. The molecular formula is C21H18FN3O3. The van der Waals surface area contributed by atoms with Crippen LogP contribution in [0.2, 0.25) is 0 Å². The minimum Gasteiger partial charge on any atom is -0.360 e. The molecule has 0 saturated carbocycles. The Morgan fingerprint density at radius 3 is 2.86 bits per heavy atom. The molecule has 6 nitrogen and oxygen atoms in total. The van der Waals surface area contributed by atoms with Crippen molar-refractivity contribution >= 4 is 17.5 Å². The van der Waals surface area contributed by atoms with Gasteiger partial charge in [-0.1, -0.05) is 24.3 Å². The summed E-state index contributed by atoms with van der Waals surface area (Å²) in [5, 5.41) is 2.90. The van der Waals surface area contributed by atoms with Crippen LogP contribution in [0, 0.1) is 17.7 Å². The first-order valence-electron chi connectivity index (χ1n) is 9.19. The van der Waals surface area contributed by atoms with Crippen molar-refractivity contribution in [2.24, 2.45) is 11.8 Å². The number of halogens is 1. The standard InChI is InChI=1S/C21H18FN3O3/c22-14-3-1-2-4-15(14)25-12-21-8-5-16(28-21)17(18(21)20(25)27)19(26)24-11-13-6-9-23-10-7-13/h1-10,16-18H,11-12H2,(H,24,26)/t16-,17-,18-,21+/m1/s1. The second-order valence-electron chi connectivity index (χ2n) is 7.35. The number of anilines is 1. The average Bonchev–Trinajstić information content (AvgIpc) is 3.36. The minimum atomic E-state index is -0.872. The molecule has 4 atom stereocenters. The fourth-order valence-electron chi connectivity index (χ4n) is 4.48. The Morgan fingerprint density at radius 1 is 1.29 bits per heavy atom. The van der Waals surface area contributed by atoms with Gasteiger partial charge in [0.1, 0.15) is 11.4 Å². The van der Waals surface area contributed by atoms with Crippen molar-refractivity contribution in [3.8, 4) is 0 Å². The number of para-hydroxylation sites is 1. The van der Waals surface area contributed by atoms with Crippen LogP contribution < -0.4 is 10.2 Å². The fourth-order valence-corrected chi connectivity index (χ4v) is 4.48. The van der Waals surface area contributed by atoms with E-state index in [1.165, 1.54) is 11.0 Å². The van der Waals surface area contributed by atoms with E-state index in [0.717, 1.165) is 5.56 Å². The van der Waals surface area contributed by atoms with Crippen LogP contribution in [0.5, 0.6) is 0 Å². The number of carbonyl (C=O) groups is 2. The third kappa shape index (κ3) is 2.46. The zero-order valence-corrected chi connectivity index (χ0v) is 14.9. The summed E-state index contributed by atoms with van der Waals surface area (Å²) < 4.78 is 20.3. The predicted octanol–water partition coefficient (Wildman–Crippen LogP) is 1.82. The molecule has 2 amide bonds. The summed E-state index contributed by atoms with van der Waals surface area (Å²) in [6.07, 6.45) is 6.58. The summed E-state index contributed by atoms with van der Waals surface area (Å²) in [5.41, 5.74) is 0.263. The van der Waals surface area contributed by atoms with Gasteiger partial charge in [-0.2, -0.15) is 0 Å². The zero-order valence-electron chi connectivity index (χ0n) is 14.9. The van der Waals surface area contributed by atoms with Gasteiger partial charge in [-0.15, -0.1) is 0 Å². The first kappa shape index (κ1) is 17.1. The second kappa shape index (κ2) is 6.24. The molecule has 7 heteroatoms. The summed E-state index contributed by atoms with van der Waals surface area (Å²) in [6.45, 7) is 0.553. The normalized spacial score (nSPS) is 30.0. The molecule has 1 N–H and O–H groups in total. The van der Waals surface area contributed by atoms with Gasteiger partial charge in [-0.05, 0) is 29.8 Å². The highest BCUT2D eigenvalue weighted by Gasteiger charge is 2.67. The van der Waals surface area contributed by atoms with Gasteiger partial charge in [0.15, 0.2) is 0 Å². The molecule has 3 aliphatic rings. The second-order valence-corrected chi connectivity index (χ2v) is 7.35. The summed E-state index contributed by atoms with van der Waals surface area (Å²) in [7, 11) is 0. The number of hydrogen-bond acceptors (Lipinski definition) is 4. The number of aromatic nitrogens is 1. The van der Waals surface area contributed by atoms with Crippen molar-refractivity contribution in [1.29, 1.82) is 0 Å². The summed E-state index contributed by atoms with van der Waals surface area (Å²) in [4.78, 5) is 31.4. The van der Waals surface area contributed by atoms with Crippen LogP contribution in [-0.4, -0.2) is 35.0 Å². The van der Waals surface area contributed by atoms with E-state index < -0.39 is 29.4 Å². The van der Waals surface area contributed by atoms with Gasteiger partial charge in [-0.3, -0.25) is 14.6 Å². The number of benzene rings is 1. The number of nitrogens with one attached hydrogen (secondary N) is 1. The first-order chi connectivity index (χ1) is 13.6. The average molecular weight is 379 g/mol. The topological polar surface area (TPSA) is 71.5 Å². The Hall–Kier alpha value is -3.06. The highest BCUT2D eigenvalue weighted by molar-refractivity contribution is 6.03. The van der Waals surface area contributed by atoms with Crippen LogP contribution in [0.25, 0.3) is 0 Å². The van der Waals surface area contributed by atoms with E-state index in [-0.39, 0.29) is 24.0 Å². The number of nitrogens with zero attached hydrogens (tertiary/aromatic N) is 2. The van der Waals surface area contributed by atoms with E-state index in [4.69, 9.17) is 4.74 Å². The van der Waals surface area contributed by atoms with E-state index >= 15 is 0 Å². The molecule has 2 bridgehead atoms. The van der Waals surface area contributed by atoms with E-state index in [1.807, 2.05) is 24.3 Å². The minimum absolute atomic E-state index is 0.207. The van der Waals surface area contributed by atoms with E-state index in [0.29, 0.717) is 6.54 Å². The Labute approximate surface area is 161 Å². The lowest BCUT2D eigenvalue weighted by molar-refractivity contribution is -0.132. The van der Waals surface area contributed by atoms with Crippen molar-refractivity contribution in [1.82, 2.24) is 10.3 Å². The Bertz CT molecular complexity index is 980. The molecule has 2 saturated heterocycles. The van der Waals surface area contributed by atoms with Crippen LogP contribution in [0.4, 0.5) is 10.1 Å². The molecule has 4 heterocycles. The highest BCUT2D eigenvalue weighted by Crippen LogP contribution is 2.52. The molecular weight excluding hydrogens is 361 g/mol. The molecule has 0 unspecified atom stereocenters. The number of fused-ring (bicyclic) bond motifs is 1. The molecule has 142 valence electrons. The molecule has 1 aromatic carbocycles.